The molecule has 3 nitrogen and oxygen atoms in total. The topological polar surface area (TPSA) is 49.3 Å². The summed E-state index contributed by atoms with van der Waals surface area (Å²) in [5, 5.41) is 11.8. The summed E-state index contributed by atoms with van der Waals surface area (Å²) in [5.74, 6) is -0.226. The van der Waals surface area contributed by atoms with Gasteiger partial charge in [-0.3, -0.25) is 4.79 Å². The second-order valence-electron chi connectivity index (χ2n) is 3.25. The molecule has 0 unspecified atom stereocenters. The average Bonchev–Trinajstić information content (AvgIpc) is 2.61. The Kier molecular flexibility index (Phi) is 1.06. The lowest BCUT2D eigenvalue weighted by atomic mass is 10.1. The molecule has 1 saturated carbocycles. The Hall–Kier alpha value is -0.570. The Morgan fingerprint density at radius 3 is 3.00 bits per heavy atom. The quantitative estimate of drug-likeness (QED) is 0.549. The highest BCUT2D eigenvalue weighted by molar-refractivity contribution is 5.83. The Morgan fingerprint density at radius 1 is 1.70 bits per heavy atom. The summed E-state index contributed by atoms with van der Waals surface area (Å²) in [5.41, 5.74) is -0.488. The molecule has 1 heterocycles. The fraction of sp³-hybridized carbons (Fsp3) is 0.857. The van der Waals surface area contributed by atoms with Crippen molar-refractivity contribution in [3.05, 3.63) is 0 Å². The van der Waals surface area contributed by atoms with Crippen molar-refractivity contribution in [3.63, 3.8) is 0 Å². The number of hydrogen-bond donors (Lipinski definition) is 2. The molecule has 0 amide bonds. The van der Waals surface area contributed by atoms with Crippen LogP contribution in [-0.2, 0) is 4.79 Å². The van der Waals surface area contributed by atoms with Crippen LogP contribution in [0.5, 0.6) is 0 Å². The van der Waals surface area contributed by atoms with Crippen LogP contribution >= 0.6 is 0 Å². The Labute approximate surface area is 59.4 Å². The smallest absolute Gasteiger partial charge is 0.324 e. The van der Waals surface area contributed by atoms with Crippen LogP contribution in [-0.4, -0.2) is 23.2 Å². The highest BCUT2D eigenvalue weighted by Crippen LogP contribution is 2.48. The number of rotatable bonds is 1. The van der Waals surface area contributed by atoms with Crippen molar-refractivity contribution in [2.24, 2.45) is 5.92 Å². The van der Waals surface area contributed by atoms with E-state index in [1.165, 1.54) is 0 Å². The van der Waals surface area contributed by atoms with Gasteiger partial charge in [-0.05, 0) is 31.7 Å². The number of fused-ring (bicyclic) bond motifs is 1. The lowest BCUT2D eigenvalue weighted by molar-refractivity contribution is -0.141. The van der Waals surface area contributed by atoms with E-state index in [4.69, 9.17) is 5.11 Å². The molecule has 1 saturated heterocycles. The standard InChI is InChI=1S/C7H11NO2/c9-6(10)7-4-5(7)2-1-3-8-7/h5,8H,1-4H2,(H,9,10)/t5-,7+/m1/s1. The zero-order chi connectivity index (χ0) is 7.19. The molecule has 2 aliphatic rings. The fourth-order valence-electron chi connectivity index (χ4n) is 1.89. The maximum atomic E-state index is 10.7. The summed E-state index contributed by atoms with van der Waals surface area (Å²) in [4.78, 5) is 10.7. The van der Waals surface area contributed by atoms with E-state index in [1.807, 2.05) is 0 Å². The molecule has 10 heavy (non-hydrogen) atoms. The van der Waals surface area contributed by atoms with Gasteiger partial charge in [0, 0.05) is 0 Å². The molecule has 0 aromatic carbocycles. The van der Waals surface area contributed by atoms with Crippen LogP contribution in [0.1, 0.15) is 19.3 Å². The molecule has 2 fully saturated rings. The number of carboxylic acids is 1. The van der Waals surface area contributed by atoms with Gasteiger partial charge in [-0.15, -0.1) is 0 Å². The van der Waals surface area contributed by atoms with Crippen LogP contribution in [0.3, 0.4) is 0 Å². The van der Waals surface area contributed by atoms with Crippen LogP contribution in [0.15, 0.2) is 0 Å². The second kappa shape index (κ2) is 1.72. The lowest BCUT2D eigenvalue weighted by Gasteiger charge is -2.18. The van der Waals surface area contributed by atoms with E-state index in [2.05, 4.69) is 5.32 Å². The van der Waals surface area contributed by atoms with Crippen LogP contribution in [0.25, 0.3) is 0 Å². The first kappa shape index (κ1) is 6.16. The van der Waals surface area contributed by atoms with Crippen LogP contribution in [0.2, 0.25) is 0 Å². The molecule has 1 aliphatic carbocycles. The molecule has 0 spiro atoms. The molecule has 0 aromatic rings. The number of nitrogens with one attached hydrogen (secondary N) is 1. The first-order valence-corrected chi connectivity index (χ1v) is 3.74. The van der Waals surface area contributed by atoms with Crippen LogP contribution in [0, 0.1) is 5.92 Å². The maximum absolute atomic E-state index is 10.7. The van der Waals surface area contributed by atoms with Crippen molar-refractivity contribution < 1.29 is 9.90 Å². The maximum Gasteiger partial charge on any atom is 0.324 e. The van der Waals surface area contributed by atoms with E-state index in [-0.39, 0.29) is 0 Å². The Morgan fingerprint density at radius 2 is 2.50 bits per heavy atom. The molecule has 0 bridgehead atoms. The minimum atomic E-state index is -0.655. The van der Waals surface area contributed by atoms with E-state index in [1.54, 1.807) is 0 Å². The minimum Gasteiger partial charge on any atom is -0.480 e. The van der Waals surface area contributed by atoms with Crippen molar-refractivity contribution in [1.29, 1.82) is 0 Å². The Balaban J connectivity index is 2.12. The summed E-state index contributed by atoms with van der Waals surface area (Å²) >= 11 is 0. The Bertz CT molecular complexity index is 180. The van der Waals surface area contributed by atoms with Crippen LogP contribution < -0.4 is 5.32 Å². The van der Waals surface area contributed by atoms with Crippen molar-refractivity contribution >= 4 is 5.97 Å². The van der Waals surface area contributed by atoms with Crippen molar-refractivity contribution in [3.8, 4) is 0 Å². The van der Waals surface area contributed by atoms with Crippen molar-refractivity contribution in [2.45, 2.75) is 24.8 Å². The molecule has 1 aliphatic heterocycles. The van der Waals surface area contributed by atoms with E-state index in [9.17, 15) is 4.79 Å². The van der Waals surface area contributed by atoms with Crippen molar-refractivity contribution in [1.82, 2.24) is 5.32 Å². The monoisotopic (exact) mass is 141 g/mol. The SMILES string of the molecule is O=C(O)[C@]12C[C@H]1CCCN2. The number of carboxylic acid groups (broad SMARTS) is 1. The molecule has 2 rings (SSSR count). The summed E-state index contributed by atoms with van der Waals surface area (Å²) in [7, 11) is 0. The zero-order valence-electron chi connectivity index (χ0n) is 5.76. The van der Waals surface area contributed by atoms with E-state index >= 15 is 0 Å². The van der Waals surface area contributed by atoms with Gasteiger partial charge in [0.25, 0.3) is 0 Å². The molecule has 2 atom stereocenters. The highest BCUT2D eigenvalue weighted by Gasteiger charge is 2.60. The van der Waals surface area contributed by atoms with Gasteiger partial charge in [0.2, 0.25) is 0 Å². The molecule has 0 radical (unpaired) electrons. The second-order valence-corrected chi connectivity index (χ2v) is 3.25. The summed E-state index contributed by atoms with van der Waals surface area (Å²) in [6, 6.07) is 0. The average molecular weight is 141 g/mol. The largest absolute Gasteiger partial charge is 0.480 e. The van der Waals surface area contributed by atoms with Gasteiger partial charge in [0.05, 0.1) is 0 Å². The number of carbonyl (C=O) groups is 1. The summed E-state index contributed by atoms with van der Waals surface area (Å²) in [6.07, 6.45) is 3.08. The predicted octanol–water partition coefficient (Wildman–Crippen LogP) is 0.213. The molecule has 3 heteroatoms. The van der Waals surface area contributed by atoms with Crippen LogP contribution in [0.4, 0.5) is 0 Å². The third-order valence-electron chi connectivity index (χ3n) is 2.66. The number of hydrogen-bond acceptors (Lipinski definition) is 2. The third-order valence-corrected chi connectivity index (χ3v) is 2.66. The van der Waals surface area contributed by atoms with Gasteiger partial charge in [-0.2, -0.15) is 0 Å². The van der Waals surface area contributed by atoms with E-state index in [0.717, 1.165) is 25.8 Å². The summed E-state index contributed by atoms with van der Waals surface area (Å²) in [6.45, 7) is 0.878. The van der Waals surface area contributed by atoms with Crippen molar-refractivity contribution in [2.75, 3.05) is 6.54 Å². The lowest BCUT2D eigenvalue weighted by Crippen LogP contribution is -2.44. The van der Waals surface area contributed by atoms with Gasteiger partial charge in [-0.25, -0.2) is 0 Å². The predicted molar refractivity (Wildman–Crippen MR) is 35.7 cm³/mol. The first-order chi connectivity index (χ1) is 4.76. The molecule has 2 N–H and O–H groups in total. The first-order valence-electron chi connectivity index (χ1n) is 3.74. The molecule has 56 valence electrons. The van der Waals surface area contributed by atoms with Gasteiger partial charge in [0.1, 0.15) is 5.54 Å². The fourth-order valence-corrected chi connectivity index (χ4v) is 1.89. The zero-order valence-corrected chi connectivity index (χ0v) is 5.76. The number of piperidine rings is 1. The van der Waals surface area contributed by atoms with E-state index in [0.29, 0.717) is 5.92 Å². The van der Waals surface area contributed by atoms with E-state index < -0.39 is 11.5 Å². The van der Waals surface area contributed by atoms with Gasteiger partial charge in [0.15, 0.2) is 0 Å². The normalized spacial score (nSPS) is 44.2. The van der Waals surface area contributed by atoms with Gasteiger partial charge in [-0.1, -0.05) is 0 Å². The minimum absolute atomic E-state index is 0.429. The van der Waals surface area contributed by atoms with Gasteiger partial charge >= 0.3 is 5.97 Å². The van der Waals surface area contributed by atoms with Gasteiger partial charge < -0.3 is 10.4 Å². The summed E-state index contributed by atoms with van der Waals surface area (Å²) < 4.78 is 0. The molecular formula is C7H11NO2. The molecular weight excluding hydrogens is 130 g/mol. The number of aliphatic carboxylic acids is 1. The highest BCUT2D eigenvalue weighted by atomic mass is 16.4. The third kappa shape index (κ3) is 0.611. The molecule has 0 aromatic heterocycles.